The second-order valence-electron chi connectivity index (χ2n) is 7.52. The van der Waals surface area contributed by atoms with Crippen molar-refractivity contribution in [2.75, 3.05) is 0 Å². The molecule has 0 amide bonds. The number of benzene rings is 2. The number of pyridine rings is 2. The second kappa shape index (κ2) is 10.4. The molecule has 32 heavy (non-hydrogen) atoms. The van der Waals surface area contributed by atoms with E-state index in [0.717, 1.165) is 46.0 Å². The Bertz CT molecular complexity index is 1320. The zero-order valence-corrected chi connectivity index (χ0v) is 18.6. The van der Waals surface area contributed by atoms with E-state index in [1.54, 1.807) is 13.8 Å². The zero-order chi connectivity index (χ0) is 23.1. The van der Waals surface area contributed by atoms with E-state index >= 15 is 0 Å². The van der Waals surface area contributed by atoms with Crippen molar-refractivity contribution in [1.82, 2.24) is 0 Å². The number of carbonyl (C=O) groups is 2. The Labute approximate surface area is 188 Å². The molecule has 0 fully saturated rings. The molecule has 2 heterocycles. The van der Waals surface area contributed by atoms with E-state index in [2.05, 4.69) is 22.3 Å². The van der Waals surface area contributed by atoms with Crippen molar-refractivity contribution >= 4 is 33.4 Å². The first-order valence-corrected chi connectivity index (χ1v) is 10.5. The molecule has 0 bridgehead atoms. The van der Waals surface area contributed by atoms with Crippen LogP contribution in [0.4, 0.5) is 0 Å². The van der Waals surface area contributed by atoms with Crippen LogP contribution >= 0.6 is 0 Å². The molecule has 0 N–H and O–H groups in total. The van der Waals surface area contributed by atoms with Crippen LogP contribution in [0.25, 0.3) is 21.8 Å². The normalized spacial score (nSPS) is 10.3. The maximum Gasteiger partial charge on any atom is 0.213 e. The van der Waals surface area contributed by atoms with Gasteiger partial charge in [-0.1, -0.05) is 25.3 Å². The fourth-order valence-electron chi connectivity index (χ4n) is 3.71. The first kappa shape index (κ1) is 22.8. The van der Waals surface area contributed by atoms with E-state index < -0.39 is 0 Å². The number of rotatable bonds is 6. The topological polar surface area (TPSA) is 41.9 Å². The number of allylic oxidation sites excluding steroid dienone is 2. The van der Waals surface area contributed by atoms with E-state index in [-0.39, 0.29) is 11.6 Å². The Hall–Kier alpha value is -3.92. The van der Waals surface area contributed by atoms with Crippen molar-refractivity contribution in [2.24, 2.45) is 0 Å². The molecular weight excluding hydrogens is 396 g/mol. The predicted octanol–water partition coefficient (Wildman–Crippen LogP) is 5.03. The molecule has 0 aliphatic carbocycles. The summed E-state index contributed by atoms with van der Waals surface area (Å²) in [7, 11) is 0. The van der Waals surface area contributed by atoms with Crippen molar-refractivity contribution in [3.05, 3.63) is 109 Å². The molecule has 2 aromatic carbocycles. The van der Waals surface area contributed by atoms with Gasteiger partial charge in [-0.25, -0.2) is 0 Å². The smallest absolute Gasteiger partial charge is 0.213 e. The second-order valence-corrected chi connectivity index (χ2v) is 7.52. The van der Waals surface area contributed by atoms with Gasteiger partial charge in [0.05, 0.1) is 5.39 Å². The molecule has 4 aromatic rings. The summed E-state index contributed by atoms with van der Waals surface area (Å²) >= 11 is 0. The number of fused-ring (bicyclic) bond motifs is 2. The van der Waals surface area contributed by atoms with Crippen LogP contribution in [0.2, 0.25) is 0 Å². The maximum absolute atomic E-state index is 11.5. The molecule has 0 spiro atoms. The number of ketones is 2. The minimum absolute atomic E-state index is 0.0982. The van der Waals surface area contributed by atoms with Gasteiger partial charge in [0, 0.05) is 40.8 Å². The average molecular weight is 425 g/mol. The Morgan fingerprint density at radius 3 is 2.06 bits per heavy atom. The first-order valence-electron chi connectivity index (χ1n) is 10.5. The summed E-state index contributed by atoms with van der Waals surface area (Å²) in [5.41, 5.74) is 3.71. The van der Waals surface area contributed by atoms with Crippen LogP contribution in [0.1, 0.15) is 34.6 Å². The third kappa shape index (κ3) is 5.03. The number of nitrogens with zero attached hydrogens (tertiary/aromatic N) is 2. The van der Waals surface area contributed by atoms with Crippen LogP contribution in [0.15, 0.2) is 98.4 Å². The van der Waals surface area contributed by atoms with E-state index in [1.807, 2.05) is 85.2 Å². The molecule has 4 nitrogen and oxygen atoms in total. The highest BCUT2D eigenvalue weighted by molar-refractivity contribution is 6.05. The molecular formula is C28H28N2O2+2. The fraction of sp³-hybridized carbons (Fsp3) is 0.143. The molecule has 160 valence electrons. The van der Waals surface area contributed by atoms with Gasteiger partial charge in [-0.3, -0.25) is 9.59 Å². The average Bonchev–Trinajstić information content (AvgIpc) is 2.79. The summed E-state index contributed by atoms with van der Waals surface area (Å²) in [5, 5.41) is 2.08. The number of Topliss-reactive ketones (excluding diaryl/α,β-unsaturated/α-hetero) is 2. The molecule has 2 aromatic heterocycles. The van der Waals surface area contributed by atoms with Crippen molar-refractivity contribution in [2.45, 2.75) is 26.9 Å². The van der Waals surface area contributed by atoms with Gasteiger partial charge in [-0.2, -0.15) is 9.13 Å². The maximum atomic E-state index is 11.5. The zero-order valence-electron chi connectivity index (χ0n) is 18.6. The molecule has 0 radical (unpaired) electrons. The van der Waals surface area contributed by atoms with Gasteiger partial charge in [0.15, 0.2) is 37.0 Å². The largest absolute Gasteiger partial charge is 0.295 e. The van der Waals surface area contributed by atoms with Crippen molar-refractivity contribution < 1.29 is 18.7 Å². The van der Waals surface area contributed by atoms with E-state index in [0.29, 0.717) is 0 Å². The Kier molecular flexibility index (Phi) is 7.40. The molecule has 0 atom stereocenters. The highest BCUT2D eigenvalue weighted by atomic mass is 16.1. The van der Waals surface area contributed by atoms with Crippen LogP contribution in [0.3, 0.4) is 0 Å². The van der Waals surface area contributed by atoms with Gasteiger partial charge in [-0.15, -0.1) is 0 Å². The predicted molar refractivity (Wildman–Crippen MR) is 129 cm³/mol. The number of aromatic nitrogens is 2. The lowest BCUT2D eigenvalue weighted by Gasteiger charge is -2.02. The highest BCUT2D eigenvalue weighted by Crippen LogP contribution is 2.16. The molecule has 0 aliphatic heterocycles. The highest BCUT2D eigenvalue weighted by Gasteiger charge is 2.12. The Balaban J connectivity index is 0.000000181. The van der Waals surface area contributed by atoms with E-state index in [1.165, 1.54) is 0 Å². The summed E-state index contributed by atoms with van der Waals surface area (Å²) in [5.74, 6) is 0.197. The lowest BCUT2D eigenvalue weighted by Crippen LogP contribution is -2.33. The molecule has 0 aliphatic rings. The van der Waals surface area contributed by atoms with Gasteiger partial charge in [0.2, 0.25) is 11.0 Å². The number of hydrogen-bond donors (Lipinski definition) is 0. The molecule has 4 rings (SSSR count). The van der Waals surface area contributed by atoms with Gasteiger partial charge in [-0.05, 0) is 50.3 Å². The van der Waals surface area contributed by atoms with E-state index in [9.17, 15) is 9.59 Å². The lowest BCUT2D eigenvalue weighted by atomic mass is 10.1. The quantitative estimate of drug-likeness (QED) is 0.247. The van der Waals surface area contributed by atoms with Gasteiger partial charge in [0.1, 0.15) is 0 Å². The Morgan fingerprint density at radius 2 is 1.44 bits per heavy atom. The monoisotopic (exact) mass is 424 g/mol. The van der Waals surface area contributed by atoms with Gasteiger partial charge < -0.3 is 0 Å². The van der Waals surface area contributed by atoms with Crippen LogP contribution in [0, 0.1) is 0 Å². The summed E-state index contributed by atoms with van der Waals surface area (Å²) in [6.45, 7) is 12.2. The van der Waals surface area contributed by atoms with E-state index in [4.69, 9.17) is 0 Å². The van der Waals surface area contributed by atoms with Crippen LogP contribution in [-0.4, -0.2) is 11.6 Å². The third-order valence-electron chi connectivity index (χ3n) is 5.24. The van der Waals surface area contributed by atoms with Crippen molar-refractivity contribution in [3.8, 4) is 0 Å². The Morgan fingerprint density at radius 1 is 0.781 bits per heavy atom. The molecule has 0 saturated heterocycles. The SMILES string of the molecule is C=CC[n+]1cccc2c(C(C)=O)cccc21.C=CC[n+]1cccc2cc(C(C)=O)ccc21. The van der Waals surface area contributed by atoms with Crippen molar-refractivity contribution in [3.63, 3.8) is 0 Å². The number of carbonyl (C=O) groups excluding carboxylic acids is 2. The summed E-state index contributed by atoms with van der Waals surface area (Å²) in [4.78, 5) is 22.8. The molecule has 4 heteroatoms. The molecule has 0 unspecified atom stereocenters. The molecule has 0 saturated carbocycles. The summed E-state index contributed by atoms with van der Waals surface area (Å²) < 4.78 is 4.18. The summed E-state index contributed by atoms with van der Waals surface area (Å²) in [6.07, 6.45) is 7.71. The summed E-state index contributed by atoms with van der Waals surface area (Å²) in [6, 6.07) is 19.5. The standard InChI is InChI=1S/2C14H14NO/c1-3-9-15-10-5-7-13-12(11(2)16)6-4-8-14(13)15;1-3-8-15-9-4-5-13-10-12(11(2)16)6-7-14(13)15/h3-8,10H,1,9H2,2H3;3-7,9-10H,1,8H2,2H3/q2*+1. The minimum atomic E-state index is 0.0982. The van der Waals surface area contributed by atoms with Crippen LogP contribution < -0.4 is 9.13 Å². The van der Waals surface area contributed by atoms with Gasteiger partial charge >= 0.3 is 0 Å². The third-order valence-corrected chi connectivity index (χ3v) is 5.24. The minimum Gasteiger partial charge on any atom is -0.295 e. The van der Waals surface area contributed by atoms with Crippen molar-refractivity contribution in [1.29, 1.82) is 0 Å². The lowest BCUT2D eigenvalue weighted by molar-refractivity contribution is -0.661. The van der Waals surface area contributed by atoms with Crippen LogP contribution in [0.5, 0.6) is 0 Å². The van der Waals surface area contributed by atoms with Crippen LogP contribution in [-0.2, 0) is 13.1 Å². The number of hydrogen-bond acceptors (Lipinski definition) is 2. The fourth-order valence-corrected chi connectivity index (χ4v) is 3.71. The van der Waals surface area contributed by atoms with Gasteiger partial charge in [0.25, 0.3) is 0 Å². The first-order chi connectivity index (χ1) is 15.5.